The van der Waals surface area contributed by atoms with Gasteiger partial charge in [-0.2, -0.15) is 0 Å². The summed E-state index contributed by atoms with van der Waals surface area (Å²) in [6, 6.07) is 13.9. The van der Waals surface area contributed by atoms with Gasteiger partial charge in [-0.05, 0) is 23.1 Å². The largest absolute Gasteiger partial charge is 0.398 e. The molecule has 1 aliphatic rings. The number of benzene rings is 2. The van der Waals surface area contributed by atoms with E-state index in [0.29, 0.717) is 5.75 Å². The predicted octanol–water partition coefficient (Wildman–Crippen LogP) is 3.53. The number of thioether (sulfide) groups is 1. The Kier molecular flexibility index (Phi) is 3.01. The van der Waals surface area contributed by atoms with Crippen LogP contribution in [0, 0.1) is 0 Å². The molecule has 3 aromatic rings. The highest BCUT2D eigenvalue weighted by atomic mass is 32.2. The zero-order chi connectivity index (χ0) is 15.1. The number of carbonyl (C=O) groups excluding carboxylic acids is 1. The van der Waals surface area contributed by atoms with Crippen molar-refractivity contribution in [1.29, 1.82) is 0 Å². The van der Waals surface area contributed by atoms with Crippen molar-refractivity contribution in [1.82, 2.24) is 4.98 Å². The molecule has 2 heterocycles. The standard InChI is InChI=1S/C17H13N3OS/c18-14-6-5-11(12-3-1-2-4-13(12)14)10-7-15-17(19-8-10)22-9-16(21)20-15/h1-8H,9,18H2,(H,20,21). The number of nitrogens with zero attached hydrogens (tertiary/aromatic N) is 1. The topological polar surface area (TPSA) is 68.0 Å². The van der Waals surface area contributed by atoms with E-state index in [1.54, 1.807) is 0 Å². The van der Waals surface area contributed by atoms with E-state index in [-0.39, 0.29) is 5.91 Å². The Balaban J connectivity index is 1.91. The molecule has 1 aliphatic heterocycles. The van der Waals surface area contributed by atoms with Crippen LogP contribution in [0.15, 0.2) is 53.7 Å². The number of carbonyl (C=O) groups is 1. The highest BCUT2D eigenvalue weighted by Crippen LogP contribution is 2.36. The highest BCUT2D eigenvalue weighted by molar-refractivity contribution is 8.00. The van der Waals surface area contributed by atoms with Crippen molar-refractivity contribution in [3.05, 3.63) is 48.7 Å². The van der Waals surface area contributed by atoms with Gasteiger partial charge in [-0.15, -0.1) is 0 Å². The Morgan fingerprint density at radius 1 is 1.14 bits per heavy atom. The molecular weight excluding hydrogens is 294 g/mol. The number of aromatic nitrogens is 1. The number of fused-ring (bicyclic) bond motifs is 2. The molecule has 0 radical (unpaired) electrons. The number of amides is 1. The van der Waals surface area contributed by atoms with Gasteiger partial charge in [0.1, 0.15) is 5.03 Å². The first-order chi connectivity index (χ1) is 10.7. The molecule has 0 saturated heterocycles. The van der Waals surface area contributed by atoms with Gasteiger partial charge in [0, 0.05) is 22.8 Å². The van der Waals surface area contributed by atoms with Crippen LogP contribution in [0.2, 0.25) is 0 Å². The number of nitrogens with one attached hydrogen (secondary N) is 1. The molecule has 0 spiro atoms. The summed E-state index contributed by atoms with van der Waals surface area (Å²) in [7, 11) is 0. The number of hydrogen-bond donors (Lipinski definition) is 2. The predicted molar refractivity (Wildman–Crippen MR) is 90.9 cm³/mol. The maximum atomic E-state index is 11.6. The van der Waals surface area contributed by atoms with Crippen molar-refractivity contribution in [2.45, 2.75) is 5.03 Å². The zero-order valence-electron chi connectivity index (χ0n) is 11.7. The number of anilines is 2. The van der Waals surface area contributed by atoms with Crippen LogP contribution in [0.1, 0.15) is 0 Å². The summed E-state index contributed by atoms with van der Waals surface area (Å²) in [6.07, 6.45) is 1.85. The number of hydrogen-bond acceptors (Lipinski definition) is 4. The van der Waals surface area contributed by atoms with E-state index in [9.17, 15) is 4.79 Å². The van der Waals surface area contributed by atoms with Crippen LogP contribution in [0.4, 0.5) is 11.4 Å². The molecule has 4 nitrogen and oxygen atoms in total. The Labute approximate surface area is 131 Å². The van der Waals surface area contributed by atoms with Gasteiger partial charge in [0.2, 0.25) is 5.91 Å². The van der Waals surface area contributed by atoms with Crippen LogP contribution in [-0.2, 0) is 4.79 Å². The fourth-order valence-corrected chi connectivity index (χ4v) is 3.43. The molecule has 0 bridgehead atoms. The number of pyridine rings is 1. The van der Waals surface area contributed by atoms with Crippen molar-refractivity contribution in [2.75, 3.05) is 16.8 Å². The molecule has 108 valence electrons. The summed E-state index contributed by atoms with van der Waals surface area (Å²) in [5.41, 5.74) is 9.62. The van der Waals surface area contributed by atoms with Crippen LogP contribution in [0.3, 0.4) is 0 Å². The summed E-state index contributed by atoms with van der Waals surface area (Å²) in [4.78, 5) is 16.0. The molecule has 4 rings (SSSR count). The van der Waals surface area contributed by atoms with Crippen molar-refractivity contribution < 1.29 is 4.79 Å². The summed E-state index contributed by atoms with van der Waals surface area (Å²) >= 11 is 1.46. The number of nitrogens with two attached hydrogens (primary N) is 1. The molecule has 3 N–H and O–H groups in total. The lowest BCUT2D eigenvalue weighted by Gasteiger charge is -2.17. The van der Waals surface area contributed by atoms with Crippen molar-refractivity contribution in [3.8, 4) is 11.1 Å². The normalized spacial score (nSPS) is 13.7. The van der Waals surface area contributed by atoms with Gasteiger partial charge in [0.25, 0.3) is 0 Å². The van der Waals surface area contributed by atoms with Crippen LogP contribution >= 0.6 is 11.8 Å². The Hall–Kier alpha value is -2.53. The average molecular weight is 307 g/mol. The van der Waals surface area contributed by atoms with E-state index in [2.05, 4.69) is 10.3 Å². The minimum Gasteiger partial charge on any atom is -0.398 e. The van der Waals surface area contributed by atoms with Gasteiger partial charge < -0.3 is 11.1 Å². The Morgan fingerprint density at radius 2 is 1.95 bits per heavy atom. The number of rotatable bonds is 1. The molecule has 0 atom stereocenters. The fourth-order valence-electron chi connectivity index (χ4n) is 2.70. The second kappa shape index (κ2) is 5.03. The van der Waals surface area contributed by atoms with E-state index >= 15 is 0 Å². The quantitative estimate of drug-likeness (QED) is 0.675. The monoisotopic (exact) mass is 307 g/mol. The third-order valence-electron chi connectivity index (χ3n) is 3.73. The molecule has 0 unspecified atom stereocenters. The van der Waals surface area contributed by atoms with Crippen molar-refractivity contribution >= 4 is 39.8 Å². The van der Waals surface area contributed by atoms with Gasteiger partial charge in [-0.25, -0.2) is 4.98 Å². The van der Waals surface area contributed by atoms with Crippen LogP contribution < -0.4 is 11.1 Å². The first-order valence-corrected chi connectivity index (χ1v) is 7.91. The van der Waals surface area contributed by atoms with E-state index in [0.717, 1.165) is 38.3 Å². The summed E-state index contributed by atoms with van der Waals surface area (Å²) < 4.78 is 0. The average Bonchev–Trinajstić information content (AvgIpc) is 2.55. The fraction of sp³-hybridized carbons (Fsp3) is 0.0588. The van der Waals surface area contributed by atoms with Gasteiger partial charge in [-0.1, -0.05) is 42.1 Å². The lowest BCUT2D eigenvalue weighted by molar-refractivity contribution is -0.113. The minimum atomic E-state index is 0.0126. The van der Waals surface area contributed by atoms with Crippen molar-refractivity contribution in [3.63, 3.8) is 0 Å². The molecule has 22 heavy (non-hydrogen) atoms. The second-order valence-electron chi connectivity index (χ2n) is 5.16. The zero-order valence-corrected chi connectivity index (χ0v) is 12.5. The summed E-state index contributed by atoms with van der Waals surface area (Å²) in [6.45, 7) is 0. The van der Waals surface area contributed by atoms with Gasteiger partial charge >= 0.3 is 0 Å². The first kappa shape index (κ1) is 13.2. The molecule has 0 saturated carbocycles. The maximum Gasteiger partial charge on any atom is 0.234 e. The lowest BCUT2D eigenvalue weighted by Crippen LogP contribution is -2.19. The number of nitrogen functional groups attached to an aromatic ring is 1. The van der Waals surface area contributed by atoms with Gasteiger partial charge in [0.15, 0.2) is 0 Å². The Bertz CT molecular complexity index is 908. The van der Waals surface area contributed by atoms with Gasteiger partial charge in [0.05, 0.1) is 11.4 Å². The van der Waals surface area contributed by atoms with Crippen LogP contribution in [0.25, 0.3) is 21.9 Å². The smallest absolute Gasteiger partial charge is 0.234 e. The molecule has 1 aromatic heterocycles. The highest BCUT2D eigenvalue weighted by Gasteiger charge is 2.17. The van der Waals surface area contributed by atoms with E-state index in [1.807, 2.05) is 48.7 Å². The summed E-state index contributed by atoms with van der Waals surface area (Å²) in [5, 5.41) is 5.85. The van der Waals surface area contributed by atoms with E-state index < -0.39 is 0 Å². The molecule has 1 amide bonds. The van der Waals surface area contributed by atoms with Crippen LogP contribution in [0.5, 0.6) is 0 Å². The second-order valence-corrected chi connectivity index (χ2v) is 6.13. The third kappa shape index (κ3) is 2.10. The molecule has 0 aliphatic carbocycles. The van der Waals surface area contributed by atoms with E-state index in [1.165, 1.54) is 11.8 Å². The third-order valence-corrected chi connectivity index (χ3v) is 4.74. The molecule has 0 fully saturated rings. The van der Waals surface area contributed by atoms with Crippen LogP contribution in [-0.4, -0.2) is 16.6 Å². The van der Waals surface area contributed by atoms with E-state index in [4.69, 9.17) is 5.73 Å². The van der Waals surface area contributed by atoms with Gasteiger partial charge in [-0.3, -0.25) is 4.79 Å². The lowest BCUT2D eigenvalue weighted by atomic mass is 9.98. The Morgan fingerprint density at radius 3 is 2.82 bits per heavy atom. The SMILES string of the molecule is Nc1ccc(-c2cnc3c(c2)NC(=O)CS3)c2ccccc12. The summed E-state index contributed by atoms with van der Waals surface area (Å²) in [5.74, 6) is 0.433. The van der Waals surface area contributed by atoms with Crippen molar-refractivity contribution in [2.24, 2.45) is 0 Å². The maximum absolute atomic E-state index is 11.6. The first-order valence-electron chi connectivity index (χ1n) is 6.93. The molecular formula is C17H13N3OS. The molecule has 5 heteroatoms. The minimum absolute atomic E-state index is 0.0126. The molecule has 2 aromatic carbocycles.